The third-order valence-electron chi connectivity index (χ3n) is 3.64. The van der Waals surface area contributed by atoms with Gasteiger partial charge < -0.3 is 11.1 Å². The first kappa shape index (κ1) is 12.8. The third kappa shape index (κ3) is 2.28. The first-order chi connectivity index (χ1) is 8.58. The Morgan fingerprint density at radius 3 is 2.78 bits per heavy atom. The molecule has 0 radical (unpaired) electrons. The van der Waals surface area contributed by atoms with E-state index in [0.717, 1.165) is 25.7 Å². The Morgan fingerprint density at radius 1 is 1.56 bits per heavy atom. The van der Waals surface area contributed by atoms with Gasteiger partial charge in [-0.05, 0) is 25.8 Å². The number of hydrogen-bond acceptors (Lipinski definition) is 5. The molecule has 0 saturated heterocycles. The van der Waals surface area contributed by atoms with E-state index in [1.54, 1.807) is 19.2 Å². The minimum atomic E-state index is -0.385. The average molecular weight is 250 g/mol. The van der Waals surface area contributed by atoms with E-state index in [2.05, 4.69) is 10.3 Å². The zero-order chi connectivity index (χ0) is 13.2. The fraction of sp³-hybridized carbons (Fsp3) is 0.583. The quantitative estimate of drug-likeness (QED) is 0.629. The molecule has 0 spiro atoms. The summed E-state index contributed by atoms with van der Waals surface area (Å²) in [5, 5.41) is 14.3. The van der Waals surface area contributed by atoms with Crippen LogP contribution in [-0.4, -0.2) is 22.0 Å². The van der Waals surface area contributed by atoms with Crippen LogP contribution in [0.4, 0.5) is 11.5 Å². The Kier molecular flexibility index (Phi) is 3.47. The number of nitrogens with zero attached hydrogens (tertiary/aromatic N) is 2. The van der Waals surface area contributed by atoms with Crippen molar-refractivity contribution in [1.82, 2.24) is 4.98 Å². The molecule has 2 rings (SSSR count). The molecule has 3 N–H and O–H groups in total. The first-order valence-electron chi connectivity index (χ1n) is 6.16. The highest BCUT2D eigenvalue weighted by molar-refractivity contribution is 5.61. The van der Waals surface area contributed by atoms with E-state index in [1.165, 1.54) is 0 Å². The van der Waals surface area contributed by atoms with Crippen LogP contribution in [0.5, 0.6) is 0 Å². The third-order valence-corrected chi connectivity index (χ3v) is 3.64. The Bertz CT molecular complexity index is 455. The predicted molar refractivity (Wildman–Crippen MR) is 69.5 cm³/mol. The summed E-state index contributed by atoms with van der Waals surface area (Å²) >= 11 is 0. The maximum Gasteiger partial charge on any atom is 0.314 e. The van der Waals surface area contributed by atoms with Gasteiger partial charge in [-0.25, -0.2) is 4.98 Å². The Balaban J connectivity index is 2.34. The minimum absolute atomic E-state index is 0.0530. The van der Waals surface area contributed by atoms with Crippen molar-refractivity contribution < 1.29 is 4.92 Å². The topological polar surface area (TPSA) is 94.1 Å². The minimum Gasteiger partial charge on any atom is -0.358 e. The summed E-state index contributed by atoms with van der Waals surface area (Å²) in [7, 11) is 0. The highest BCUT2D eigenvalue weighted by atomic mass is 16.6. The monoisotopic (exact) mass is 250 g/mol. The number of nitro groups is 1. The van der Waals surface area contributed by atoms with Gasteiger partial charge in [0.1, 0.15) is 0 Å². The van der Waals surface area contributed by atoms with Crippen molar-refractivity contribution in [3.05, 3.63) is 27.9 Å². The maximum absolute atomic E-state index is 11.1. The lowest BCUT2D eigenvalue weighted by Crippen LogP contribution is -2.43. The molecular weight excluding hydrogens is 232 g/mol. The molecular formula is C12H18N4O2. The Morgan fingerprint density at radius 2 is 2.22 bits per heavy atom. The number of anilines is 1. The van der Waals surface area contributed by atoms with E-state index >= 15 is 0 Å². The van der Waals surface area contributed by atoms with E-state index < -0.39 is 0 Å². The van der Waals surface area contributed by atoms with Crippen molar-refractivity contribution >= 4 is 11.5 Å². The lowest BCUT2D eigenvalue weighted by atomic mass is 9.97. The molecule has 1 heterocycles. The average Bonchev–Trinajstić information content (AvgIpc) is 2.78. The lowest BCUT2D eigenvalue weighted by molar-refractivity contribution is -0.384. The fourth-order valence-electron chi connectivity index (χ4n) is 2.56. The zero-order valence-corrected chi connectivity index (χ0v) is 10.5. The van der Waals surface area contributed by atoms with Gasteiger partial charge in [-0.15, -0.1) is 0 Å². The summed E-state index contributed by atoms with van der Waals surface area (Å²) < 4.78 is 0. The molecule has 6 heteroatoms. The molecule has 98 valence electrons. The van der Waals surface area contributed by atoms with Crippen LogP contribution in [0.3, 0.4) is 0 Å². The number of hydrogen-bond donors (Lipinski definition) is 2. The largest absolute Gasteiger partial charge is 0.358 e. The molecule has 1 aliphatic carbocycles. The lowest BCUT2D eigenvalue weighted by Gasteiger charge is -2.29. The number of pyridine rings is 1. The summed E-state index contributed by atoms with van der Waals surface area (Å²) in [6, 6.07) is 1.65. The van der Waals surface area contributed by atoms with Gasteiger partial charge in [0.15, 0.2) is 0 Å². The van der Waals surface area contributed by atoms with E-state index in [-0.39, 0.29) is 16.1 Å². The molecule has 0 bridgehead atoms. The van der Waals surface area contributed by atoms with E-state index in [4.69, 9.17) is 5.73 Å². The highest BCUT2D eigenvalue weighted by Gasteiger charge is 2.34. The SMILES string of the molecule is Cc1ccnc(NC2(CN)CCCC2)c1[N+](=O)[O-]. The van der Waals surface area contributed by atoms with Crippen LogP contribution in [0.1, 0.15) is 31.2 Å². The molecule has 1 aromatic rings. The number of nitrogens with two attached hydrogens (primary N) is 1. The maximum atomic E-state index is 11.1. The summed E-state index contributed by atoms with van der Waals surface area (Å²) in [5.74, 6) is 0.340. The number of nitrogens with one attached hydrogen (secondary N) is 1. The molecule has 0 atom stereocenters. The Labute approximate surface area is 106 Å². The smallest absolute Gasteiger partial charge is 0.314 e. The molecule has 0 unspecified atom stereocenters. The van der Waals surface area contributed by atoms with E-state index in [1.807, 2.05) is 0 Å². The predicted octanol–water partition coefficient (Wildman–Crippen LogP) is 1.98. The van der Waals surface area contributed by atoms with Crippen LogP contribution in [0.2, 0.25) is 0 Å². The van der Waals surface area contributed by atoms with Gasteiger partial charge in [-0.3, -0.25) is 10.1 Å². The van der Waals surface area contributed by atoms with Crippen LogP contribution < -0.4 is 11.1 Å². The highest BCUT2D eigenvalue weighted by Crippen LogP contribution is 2.35. The van der Waals surface area contributed by atoms with Crippen molar-refractivity contribution in [1.29, 1.82) is 0 Å². The molecule has 0 aliphatic heterocycles. The Hall–Kier alpha value is -1.69. The van der Waals surface area contributed by atoms with Gasteiger partial charge in [0.25, 0.3) is 0 Å². The van der Waals surface area contributed by atoms with Crippen molar-refractivity contribution in [2.45, 2.75) is 38.1 Å². The molecule has 1 saturated carbocycles. The van der Waals surface area contributed by atoms with Gasteiger partial charge >= 0.3 is 5.69 Å². The number of aromatic nitrogens is 1. The zero-order valence-electron chi connectivity index (χ0n) is 10.5. The van der Waals surface area contributed by atoms with Crippen molar-refractivity contribution in [2.75, 3.05) is 11.9 Å². The normalized spacial score (nSPS) is 17.7. The second-order valence-electron chi connectivity index (χ2n) is 4.90. The number of aryl methyl sites for hydroxylation is 1. The summed E-state index contributed by atoms with van der Waals surface area (Å²) in [6.07, 6.45) is 5.67. The molecule has 18 heavy (non-hydrogen) atoms. The molecule has 1 aromatic heterocycles. The van der Waals surface area contributed by atoms with Crippen LogP contribution in [-0.2, 0) is 0 Å². The van der Waals surface area contributed by atoms with Gasteiger partial charge in [0, 0.05) is 18.3 Å². The summed E-state index contributed by atoms with van der Waals surface area (Å²) in [5.41, 5.74) is 6.26. The molecule has 6 nitrogen and oxygen atoms in total. The van der Waals surface area contributed by atoms with Crippen molar-refractivity contribution in [2.24, 2.45) is 5.73 Å². The van der Waals surface area contributed by atoms with E-state index in [9.17, 15) is 10.1 Å². The van der Waals surface area contributed by atoms with Gasteiger partial charge in [-0.2, -0.15) is 0 Å². The standard InChI is InChI=1S/C12H18N4O2/c1-9-4-7-14-11(10(9)16(17)18)15-12(8-13)5-2-3-6-12/h4,7H,2-3,5-6,8,13H2,1H3,(H,14,15). The van der Waals surface area contributed by atoms with Gasteiger partial charge in [-0.1, -0.05) is 12.8 Å². The second-order valence-corrected chi connectivity index (χ2v) is 4.90. The van der Waals surface area contributed by atoms with Crippen LogP contribution in [0, 0.1) is 17.0 Å². The van der Waals surface area contributed by atoms with Crippen molar-refractivity contribution in [3.8, 4) is 0 Å². The van der Waals surface area contributed by atoms with Crippen LogP contribution in [0.25, 0.3) is 0 Å². The van der Waals surface area contributed by atoms with Gasteiger partial charge in [0.2, 0.25) is 5.82 Å². The summed E-state index contributed by atoms with van der Waals surface area (Å²) in [6.45, 7) is 2.19. The first-order valence-corrected chi connectivity index (χ1v) is 6.16. The van der Waals surface area contributed by atoms with Crippen molar-refractivity contribution in [3.63, 3.8) is 0 Å². The van der Waals surface area contributed by atoms with E-state index in [0.29, 0.717) is 17.9 Å². The fourth-order valence-corrected chi connectivity index (χ4v) is 2.56. The second kappa shape index (κ2) is 4.89. The van der Waals surface area contributed by atoms with Crippen LogP contribution >= 0.6 is 0 Å². The van der Waals surface area contributed by atoms with Gasteiger partial charge in [0.05, 0.1) is 10.5 Å². The summed E-state index contributed by atoms with van der Waals surface area (Å²) in [4.78, 5) is 14.8. The van der Waals surface area contributed by atoms with Crippen LogP contribution in [0.15, 0.2) is 12.3 Å². The molecule has 0 aromatic carbocycles. The molecule has 1 aliphatic rings. The number of rotatable bonds is 4. The molecule has 0 amide bonds. The molecule has 1 fully saturated rings.